The first-order valence-electron chi connectivity index (χ1n) is 9.77. The fourth-order valence-corrected chi connectivity index (χ4v) is 3.79. The number of H-pyrrole nitrogens is 1. The number of fused-ring (bicyclic) bond motifs is 1. The van der Waals surface area contributed by atoms with Gasteiger partial charge in [0.2, 0.25) is 5.91 Å². The monoisotopic (exact) mass is 414 g/mol. The Balaban J connectivity index is 1.39. The van der Waals surface area contributed by atoms with E-state index in [2.05, 4.69) is 20.2 Å². The lowest BCUT2D eigenvalue weighted by atomic mass is 9.96. The number of nitrogens with one attached hydrogen (secondary N) is 2. The SMILES string of the molecule is Cn1c(=O)c2[nH]c(CN3CCC(C(=O)Nc4ccc(F)cc4)CC3)nc2n(C)c1=O. The van der Waals surface area contributed by atoms with Gasteiger partial charge < -0.3 is 10.3 Å². The zero-order chi connectivity index (χ0) is 21.4. The van der Waals surface area contributed by atoms with Crippen molar-refractivity contribution in [2.45, 2.75) is 19.4 Å². The van der Waals surface area contributed by atoms with Gasteiger partial charge in [-0.05, 0) is 50.2 Å². The molecule has 3 aromatic rings. The second-order valence-electron chi connectivity index (χ2n) is 7.63. The van der Waals surface area contributed by atoms with Crippen molar-refractivity contribution in [3.63, 3.8) is 0 Å². The van der Waals surface area contributed by atoms with Gasteiger partial charge in [0.25, 0.3) is 5.56 Å². The molecule has 0 saturated carbocycles. The van der Waals surface area contributed by atoms with Gasteiger partial charge in [-0.25, -0.2) is 14.2 Å². The number of hydrogen-bond donors (Lipinski definition) is 2. The normalized spacial score (nSPS) is 15.6. The Bertz CT molecular complexity index is 1200. The van der Waals surface area contributed by atoms with E-state index in [0.717, 1.165) is 4.57 Å². The Morgan fingerprint density at radius 1 is 1.17 bits per heavy atom. The third-order valence-corrected chi connectivity index (χ3v) is 5.59. The molecular formula is C20H23FN6O3. The summed E-state index contributed by atoms with van der Waals surface area (Å²) in [4.78, 5) is 46.4. The zero-order valence-electron chi connectivity index (χ0n) is 16.8. The number of rotatable bonds is 4. The number of aromatic amines is 1. The van der Waals surface area contributed by atoms with Gasteiger partial charge in [0.1, 0.15) is 17.2 Å². The summed E-state index contributed by atoms with van der Waals surface area (Å²) in [7, 11) is 3.02. The van der Waals surface area contributed by atoms with Crippen LogP contribution in [0, 0.1) is 11.7 Å². The van der Waals surface area contributed by atoms with E-state index >= 15 is 0 Å². The highest BCUT2D eigenvalue weighted by Crippen LogP contribution is 2.21. The number of anilines is 1. The largest absolute Gasteiger partial charge is 0.335 e. The highest BCUT2D eigenvalue weighted by Gasteiger charge is 2.26. The van der Waals surface area contributed by atoms with E-state index in [0.29, 0.717) is 55.2 Å². The van der Waals surface area contributed by atoms with Crippen molar-refractivity contribution in [1.29, 1.82) is 0 Å². The van der Waals surface area contributed by atoms with Gasteiger partial charge in [-0.2, -0.15) is 0 Å². The van der Waals surface area contributed by atoms with Crippen molar-refractivity contribution in [2.75, 3.05) is 18.4 Å². The standard InChI is InChI=1S/C20H23FN6O3/c1-25-17-16(19(29)26(2)20(25)30)23-15(24-17)11-27-9-7-12(8-10-27)18(28)22-14-5-3-13(21)4-6-14/h3-6,12H,7-11H2,1-2H3,(H,22,28)(H,23,24). The van der Waals surface area contributed by atoms with Gasteiger partial charge in [0, 0.05) is 25.7 Å². The molecule has 0 unspecified atom stereocenters. The molecule has 0 atom stereocenters. The molecular weight excluding hydrogens is 391 g/mol. The first kappa shape index (κ1) is 20.0. The topological polar surface area (TPSA) is 105 Å². The summed E-state index contributed by atoms with van der Waals surface area (Å²) in [6.07, 6.45) is 1.38. The number of carbonyl (C=O) groups is 1. The molecule has 1 amide bonds. The molecule has 9 nitrogen and oxygen atoms in total. The smallest absolute Gasteiger partial charge is 0.332 e. The van der Waals surface area contributed by atoms with Crippen LogP contribution in [0.25, 0.3) is 11.2 Å². The molecule has 3 heterocycles. The second kappa shape index (κ2) is 7.86. The number of aromatic nitrogens is 4. The van der Waals surface area contributed by atoms with Crippen LogP contribution in [0.15, 0.2) is 33.9 Å². The van der Waals surface area contributed by atoms with Gasteiger partial charge in [-0.3, -0.25) is 23.6 Å². The van der Waals surface area contributed by atoms with Crippen LogP contribution in [0.4, 0.5) is 10.1 Å². The Hall–Kier alpha value is -3.27. The molecule has 30 heavy (non-hydrogen) atoms. The summed E-state index contributed by atoms with van der Waals surface area (Å²) >= 11 is 0. The van der Waals surface area contributed by atoms with E-state index in [-0.39, 0.29) is 17.6 Å². The molecule has 1 aromatic carbocycles. The van der Waals surface area contributed by atoms with Crippen molar-refractivity contribution in [3.05, 3.63) is 56.7 Å². The van der Waals surface area contributed by atoms with E-state index < -0.39 is 11.2 Å². The number of carbonyl (C=O) groups excluding carboxylic acids is 1. The number of imidazole rings is 1. The molecule has 1 aliphatic rings. The minimum Gasteiger partial charge on any atom is -0.335 e. The Labute approximate surface area is 171 Å². The van der Waals surface area contributed by atoms with Crippen LogP contribution in [0.2, 0.25) is 0 Å². The maximum absolute atomic E-state index is 13.0. The molecule has 2 aromatic heterocycles. The zero-order valence-corrected chi connectivity index (χ0v) is 16.8. The van der Waals surface area contributed by atoms with Gasteiger partial charge in [0.05, 0.1) is 6.54 Å². The van der Waals surface area contributed by atoms with Crippen molar-refractivity contribution in [2.24, 2.45) is 20.0 Å². The third-order valence-electron chi connectivity index (χ3n) is 5.59. The van der Waals surface area contributed by atoms with Crippen LogP contribution in [0.1, 0.15) is 18.7 Å². The average molecular weight is 414 g/mol. The fraction of sp³-hybridized carbons (Fsp3) is 0.400. The molecule has 4 rings (SSSR count). The molecule has 10 heteroatoms. The predicted octanol–water partition coefficient (Wildman–Crippen LogP) is 0.950. The summed E-state index contributed by atoms with van der Waals surface area (Å²) in [6.45, 7) is 1.91. The lowest BCUT2D eigenvalue weighted by Crippen LogP contribution is -2.38. The number of amides is 1. The molecule has 2 N–H and O–H groups in total. The number of piperidine rings is 1. The molecule has 0 aliphatic carbocycles. The van der Waals surface area contributed by atoms with E-state index in [4.69, 9.17) is 0 Å². The lowest BCUT2D eigenvalue weighted by molar-refractivity contribution is -0.121. The second-order valence-corrected chi connectivity index (χ2v) is 7.63. The highest BCUT2D eigenvalue weighted by molar-refractivity contribution is 5.92. The first-order valence-corrected chi connectivity index (χ1v) is 9.77. The minimum atomic E-state index is -0.418. The highest BCUT2D eigenvalue weighted by atomic mass is 19.1. The predicted molar refractivity (Wildman–Crippen MR) is 110 cm³/mol. The molecule has 0 radical (unpaired) electrons. The number of nitrogens with zero attached hydrogens (tertiary/aromatic N) is 4. The van der Waals surface area contributed by atoms with E-state index in [1.165, 1.54) is 23.7 Å². The Morgan fingerprint density at radius 2 is 1.83 bits per heavy atom. The number of benzene rings is 1. The molecule has 158 valence electrons. The average Bonchev–Trinajstić information content (AvgIpc) is 3.17. The molecule has 0 spiro atoms. The summed E-state index contributed by atoms with van der Waals surface area (Å²) < 4.78 is 15.4. The van der Waals surface area contributed by atoms with Crippen LogP contribution >= 0.6 is 0 Å². The van der Waals surface area contributed by atoms with Crippen LogP contribution < -0.4 is 16.6 Å². The minimum absolute atomic E-state index is 0.0662. The van der Waals surface area contributed by atoms with Crippen LogP contribution in [-0.4, -0.2) is 43.0 Å². The first-order chi connectivity index (χ1) is 14.3. The van der Waals surface area contributed by atoms with Gasteiger partial charge in [-0.1, -0.05) is 0 Å². The fourth-order valence-electron chi connectivity index (χ4n) is 3.79. The Morgan fingerprint density at radius 3 is 2.50 bits per heavy atom. The lowest BCUT2D eigenvalue weighted by Gasteiger charge is -2.30. The van der Waals surface area contributed by atoms with E-state index in [1.807, 2.05) is 0 Å². The maximum atomic E-state index is 13.0. The summed E-state index contributed by atoms with van der Waals surface area (Å²) in [6, 6.07) is 5.71. The summed E-state index contributed by atoms with van der Waals surface area (Å²) in [5.41, 5.74) is 0.412. The maximum Gasteiger partial charge on any atom is 0.332 e. The number of likely N-dealkylation sites (tertiary alicyclic amines) is 1. The molecule has 0 bridgehead atoms. The van der Waals surface area contributed by atoms with Gasteiger partial charge in [-0.15, -0.1) is 0 Å². The summed E-state index contributed by atoms with van der Waals surface area (Å²) in [5.74, 6) is 0.0842. The van der Waals surface area contributed by atoms with E-state index in [9.17, 15) is 18.8 Å². The van der Waals surface area contributed by atoms with Gasteiger partial charge >= 0.3 is 5.69 Å². The number of hydrogen-bond acceptors (Lipinski definition) is 5. The van der Waals surface area contributed by atoms with Crippen LogP contribution in [0.3, 0.4) is 0 Å². The third kappa shape index (κ3) is 3.78. The van der Waals surface area contributed by atoms with Crippen LogP contribution in [-0.2, 0) is 25.4 Å². The molecule has 1 fully saturated rings. The summed E-state index contributed by atoms with van der Waals surface area (Å²) in [5, 5.41) is 2.83. The molecule has 1 aliphatic heterocycles. The quantitative estimate of drug-likeness (QED) is 0.661. The van der Waals surface area contributed by atoms with Gasteiger partial charge in [0.15, 0.2) is 5.65 Å². The van der Waals surface area contributed by atoms with Crippen molar-refractivity contribution in [3.8, 4) is 0 Å². The Kier molecular flexibility index (Phi) is 5.25. The van der Waals surface area contributed by atoms with Crippen molar-refractivity contribution >= 4 is 22.8 Å². The van der Waals surface area contributed by atoms with Crippen molar-refractivity contribution in [1.82, 2.24) is 24.0 Å². The van der Waals surface area contributed by atoms with Crippen molar-refractivity contribution < 1.29 is 9.18 Å². The number of aryl methyl sites for hydroxylation is 1. The molecule has 1 saturated heterocycles. The number of halogens is 1. The van der Waals surface area contributed by atoms with E-state index in [1.54, 1.807) is 19.2 Å². The van der Waals surface area contributed by atoms with Crippen LogP contribution in [0.5, 0.6) is 0 Å².